The molecule has 0 unspecified atom stereocenters. The van der Waals surface area contributed by atoms with Crippen molar-refractivity contribution in [1.29, 1.82) is 0 Å². The molecule has 4 heteroatoms. The van der Waals surface area contributed by atoms with Gasteiger partial charge in [-0.25, -0.2) is 4.98 Å². The number of rotatable bonds is 8. The molecule has 0 amide bonds. The fourth-order valence-electron chi connectivity index (χ4n) is 2.71. The highest BCUT2D eigenvalue weighted by atomic mass is 16.5. The van der Waals surface area contributed by atoms with Gasteiger partial charge in [0.25, 0.3) is 0 Å². The molecule has 0 radical (unpaired) electrons. The van der Waals surface area contributed by atoms with Gasteiger partial charge in [-0.2, -0.15) is 0 Å². The van der Waals surface area contributed by atoms with Gasteiger partial charge in [-0.15, -0.1) is 0 Å². The van der Waals surface area contributed by atoms with Crippen molar-refractivity contribution in [2.75, 3.05) is 13.7 Å². The van der Waals surface area contributed by atoms with E-state index in [4.69, 9.17) is 9.72 Å². The Morgan fingerprint density at radius 3 is 2.95 bits per heavy atom. The molecular formula is C17H25N3O. The van der Waals surface area contributed by atoms with Gasteiger partial charge >= 0.3 is 0 Å². The van der Waals surface area contributed by atoms with E-state index in [1.165, 1.54) is 23.8 Å². The summed E-state index contributed by atoms with van der Waals surface area (Å²) in [6, 6.07) is 5.06. The zero-order valence-electron chi connectivity index (χ0n) is 13.1. The Morgan fingerprint density at radius 1 is 1.33 bits per heavy atom. The third-order valence-corrected chi connectivity index (χ3v) is 4.10. The lowest BCUT2D eigenvalue weighted by Gasteiger charge is -2.04. The number of aryl methyl sites for hydroxylation is 2. The number of fused-ring (bicyclic) bond motifs is 1. The average molecular weight is 287 g/mol. The first-order valence-electron chi connectivity index (χ1n) is 7.95. The lowest BCUT2D eigenvalue weighted by molar-refractivity contribution is 0.191. The minimum absolute atomic E-state index is 0.739. The summed E-state index contributed by atoms with van der Waals surface area (Å²) in [5.41, 5.74) is 3.58. The van der Waals surface area contributed by atoms with Crippen LogP contribution in [0, 0.1) is 6.92 Å². The maximum atomic E-state index is 5.13. The average Bonchev–Trinajstić information content (AvgIpc) is 3.25. The largest absolute Gasteiger partial charge is 0.385 e. The van der Waals surface area contributed by atoms with Crippen LogP contribution in [0.1, 0.15) is 36.9 Å². The maximum absolute atomic E-state index is 5.13. The van der Waals surface area contributed by atoms with E-state index in [-0.39, 0.29) is 0 Å². The molecule has 3 rings (SSSR count). The van der Waals surface area contributed by atoms with E-state index in [0.717, 1.165) is 49.9 Å². The van der Waals surface area contributed by atoms with Crippen LogP contribution >= 0.6 is 0 Å². The fraction of sp³-hybridized carbons (Fsp3) is 0.588. The molecule has 0 aliphatic heterocycles. The zero-order valence-corrected chi connectivity index (χ0v) is 13.1. The van der Waals surface area contributed by atoms with Crippen molar-refractivity contribution in [1.82, 2.24) is 14.9 Å². The number of pyridine rings is 1. The highest BCUT2D eigenvalue weighted by Gasteiger charge is 2.21. The Morgan fingerprint density at radius 2 is 2.19 bits per heavy atom. The van der Waals surface area contributed by atoms with E-state index in [1.54, 1.807) is 7.11 Å². The number of nitrogens with zero attached hydrogens (tertiary/aromatic N) is 2. The summed E-state index contributed by atoms with van der Waals surface area (Å²) < 4.78 is 7.44. The first-order valence-corrected chi connectivity index (χ1v) is 7.95. The third-order valence-electron chi connectivity index (χ3n) is 4.10. The van der Waals surface area contributed by atoms with Crippen LogP contribution in [0.3, 0.4) is 0 Å². The van der Waals surface area contributed by atoms with E-state index >= 15 is 0 Å². The molecule has 2 aromatic rings. The molecule has 0 aromatic carbocycles. The number of hydrogen-bond acceptors (Lipinski definition) is 3. The molecule has 1 saturated carbocycles. The summed E-state index contributed by atoms with van der Waals surface area (Å²) in [5, 5.41) is 4.90. The summed E-state index contributed by atoms with van der Waals surface area (Å²) >= 11 is 0. The summed E-state index contributed by atoms with van der Waals surface area (Å²) in [7, 11) is 1.76. The zero-order chi connectivity index (χ0) is 14.7. The van der Waals surface area contributed by atoms with Crippen molar-refractivity contribution in [3.8, 4) is 0 Å². The molecule has 2 heterocycles. The number of ether oxygens (including phenoxy) is 1. The molecule has 114 valence electrons. The number of hydrogen-bond donors (Lipinski definition) is 1. The SMILES string of the molecule is COCCCCn1cc(CNC2CC2)c2ccc(C)nc21. The van der Waals surface area contributed by atoms with Gasteiger partial charge in [0, 0.05) is 50.1 Å². The van der Waals surface area contributed by atoms with Crippen LogP contribution < -0.4 is 5.32 Å². The molecule has 21 heavy (non-hydrogen) atoms. The number of aromatic nitrogens is 2. The quantitative estimate of drug-likeness (QED) is 0.759. The van der Waals surface area contributed by atoms with Crippen molar-refractivity contribution >= 4 is 11.0 Å². The second-order valence-electron chi connectivity index (χ2n) is 6.03. The van der Waals surface area contributed by atoms with Crippen molar-refractivity contribution in [2.45, 2.75) is 51.7 Å². The maximum Gasteiger partial charge on any atom is 0.140 e. The Labute approximate surface area is 126 Å². The lowest BCUT2D eigenvalue weighted by atomic mass is 10.2. The minimum atomic E-state index is 0.739. The fourth-order valence-corrected chi connectivity index (χ4v) is 2.71. The van der Waals surface area contributed by atoms with E-state index in [2.05, 4.69) is 35.1 Å². The third kappa shape index (κ3) is 3.63. The predicted molar refractivity (Wildman–Crippen MR) is 85.4 cm³/mol. The monoisotopic (exact) mass is 287 g/mol. The molecule has 1 aliphatic rings. The first kappa shape index (κ1) is 14.5. The minimum Gasteiger partial charge on any atom is -0.385 e. The van der Waals surface area contributed by atoms with Gasteiger partial charge in [0.1, 0.15) is 5.65 Å². The molecular weight excluding hydrogens is 262 g/mol. The van der Waals surface area contributed by atoms with Crippen LogP contribution in [0.2, 0.25) is 0 Å². The number of unbranched alkanes of at least 4 members (excludes halogenated alkanes) is 1. The molecule has 0 bridgehead atoms. The van der Waals surface area contributed by atoms with Crippen LogP contribution in [0.4, 0.5) is 0 Å². The second kappa shape index (κ2) is 6.58. The van der Waals surface area contributed by atoms with Crippen LogP contribution in [-0.4, -0.2) is 29.3 Å². The Bertz CT molecular complexity index is 601. The molecule has 2 aromatic heterocycles. The summed E-state index contributed by atoms with van der Waals surface area (Å²) in [6.07, 6.45) is 7.15. The van der Waals surface area contributed by atoms with Gasteiger partial charge in [0.05, 0.1) is 0 Å². The second-order valence-corrected chi connectivity index (χ2v) is 6.03. The van der Waals surface area contributed by atoms with Gasteiger partial charge in [-0.3, -0.25) is 0 Å². The normalized spacial score (nSPS) is 15.0. The molecule has 0 spiro atoms. The molecule has 1 fully saturated rings. The van der Waals surface area contributed by atoms with E-state index in [9.17, 15) is 0 Å². The highest BCUT2D eigenvalue weighted by molar-refractivity contribution is 5.80. The smallest absolute Gasteiger partial charge is 0.140 e. The van der Waals surface area contributed by atoms with E-state index in [1.807, 2.05) is 0 Å². The van der Waals surface area contributed by atoms with Crippen LogP contribution in [0.5, 0.6) is 0 Å². The van der Waals surface area contributed by atoms with E-state index in [0.29, 0.717) is 0 Å². The number of methoxy groups -OCH3 is 1. The lowest BCUT2D eigenvalue weighted by Crippen LogP contribution is -2.14. The Kier molecular flexibility index (Phi) is 4.56. The highest BCUT2D eigenvalue weighted by Crippen LogP contribution is 2.24. The van der Waals surface area contributed by atoms with Crippen molar-refractivity contribution in [2.24, 2.45) is 0 Å². The van der Waals surface area contributed by atoms with Crippen molar-refractivity contribution in [3.63, 3.8) is 0 Å². The predicted octanol–water partition coefficient (Wildman–Crippen LogP) is 3.02. The Hall–Kier alpha value is -1.39. The Balaban J connectivity index is 1.77. The molecule has 1 aliphatic carbocycles. The van der Waals surface area contributed by atoms with E-state index < -0.39 is 0 Å². The standard InChI is InChI=1S/C17H25N3O/c1-13-5-8-16-14(11-18-15-6-7-15)12-20(17(16)19-13)9-3-4-10-21-2/h5,8,12,15,18H,3-4,6-7,9-11H2,1-2H3. The molecule has 0 saturated heterocycles. The van der Waals surface area contributed by atoms with Crippen molar-refractivity contribution < 1.29 is 4.74 Å². The summed E-state index contributed by atoms with van der Waals surface area (Å²) in [4.78, 5) is 4.74. The van der Waals surface area contributed by atoms with Crippen LogP contribution in [-0.2, 0) is 17.8 Å². The summed E-state index contributed by atoms with van der Waals surface area (Å²) in [5.74, 6) is 0. The van der Waals surface area contributed by atoms with Gasteiger partial charge < -0.3 is 14.6 Å². The first-order chi connectivity index (χ1) is 10.3. The topological polar surface area (TPSA) is 39.1 Å². The van der Waals surface area contributed by atoms with Gasteiger partial charge in [-0.1, -0.05) is 0 Å². The van der Waals surface area contributed by atoms with Gasteiger partial charge in [0.2, 0.25) is 0 Å². The van der Waals surface area contributed by atoms with Gasteiger partial charge in [0.15, 0.2) is 0 Å². The molecule has 4 nitrogen and oxygen atoms in total. The number of nitrogens with one attached hydrogen (secondary N) is 1. The van der Waals surface area contributed by atoms with Crippen LogP contribution in [0.15, 0.2) is 18.3 Å². The summed E-state index contributed by atoms with van der Waals surface area (Å²) in [6.45, 7) is 4.86. The molecule has 1 N–H and O–H groups in total. The molecule has 0 atom stereocenters. The van der Waals surface area contributed by atoms with Gasteiger partial charge in [-0.05, 0) is 50.3 Å². The van der Waals surface area contributed by atoms with Crippen molar-refractivity contribution in [3.05, 3.63) is 29.6 Å². The van der Waals surface area contributed by atoms with Crippen LogP contribution in [0.25, 0.3) is 11.0 Å².